The first-order valence-electron chi connectivity index (χ1n) is 6.13. The van der Waals surface area contributed by atoms with Crippen molar-refractivity contribution in [2.75, 3.05) is 6.26 Å². The summed E-state index contributed by atoms with van der Waals surface area (Å²) in [6.45, 7) is 0. The van der Waals surface area contributed by atoms with E-state index < -0.39 is 0 Å². The van der Waals surface area contributed by atoms with Crippen molar-refractivity contribution in [2.24, 2.45) is 0 Å². The summed E-state index contributed by atoms with van der Waals surface area (Å²) in [6.07, 6.45) is 5.65. The lowest BCUT2D eigenvalue weighted by Gasteiger charge is -2.05. The van der Waals surface area contributed by atoms with Crippen LogP contribution in [0.25, 0.3) is 0 Å². The molecule has 2 nitrogen and oxygen atoms in total. The fourth-order valence-corrected chi connectivity index (χ4v) is 3.87. The van der Waals surface area contributed by atoms with E-state index in [9.17, 15) is 0 Å². The van der Waals surface area contributed by atoms with E-state index in [-0.39, 0.29) is 0 Å². The second-order valence-electron chi connectivity index (χ2n) is 4.40. The largest absolute Gasteiger partial charge is 0.216 e. The van der Waals surface area contributed by atoms with Crippen LogP contribution in [-0.2, 0) is 12.8 Å². The lowest BCUT2D eigenvalue weighted by atomic mass is 10.1. The molecule has 0 unspecified atom stereocenters. The first kappa shape index (κ1) is 13.3. The molecule has 0 saturated heterocycles. The van der Waals surface area contributed by atoms with E-state index in [0.717, 1.165) is 10.2 Å². The smallest absolute Gasteiger partial charge is 0.189 e. The molecule has 0 fully saturated rings. The van der Waals surface area contributed by atoms with Gasteiger partial charge < -0.3 is 0 Å². The van der Waals surface area contributed by atoms with Crippen molar-refractivity contribution < 1.29 is 0 Å². The van der Waals surface area contributed by atoms with Gasteiger partial charge in [0.15, 0.2) is 5.16 Å². The summed E-state index contributed by atoms with van der Waals surface area (Å²) in [5.74, 6) is 0. The first-order valence-corrected chi connectivity index (χ1v) is 8.55. The summed E-state index contributed by atoms with van der Waals surface area (Å²) in [4.78, 5) is 9.85. The van der Waals surface area contributed by atoms with E-state index in [0.29, 0.717) is 5.15 Å². The van der Waals surface area contributed by atoms with Crippen molar-refractivity contribution in [3.8, 4) is 0 Å². The highest BCUT2D eigenvalue weighted by atomic mass is 35.5. The topological polar surface area (TPSA) is 25.8 Å². The Hall–Kier alpha value is -0.710. The Balaban J connectivity index is 1.86. The molecule has 1 aromatic carbocycles. The van der Waals surface area contributed by atoms with Gasteiger partial charge in [-0.15, -0.1) is 0 Å². The van der Waals surface area contributed by atoms with Crippen LogP contribution < -0.4 is 0 Å². The van der Waals surface area contributed by atoms with E-state index in [4.69, 9.17) is 11.6 Å². The van der Waals surface area contributed by atoms with Crippen molar-refractivity contribution in [2.45, 2.75) is 34.3 Å². The number of benzene rings is 1. The van der Waals surface area contributed by atoms with Crippen LogP contribution in [0.4, 0.5) is 0 Å². The minimum atomic E-state index is 0.503. The van der Waals surface area contributed by atoms with Crippen LogP contribution in [-0.4, -0.2) is 16.2 Å². The lowest BCUT2D eigenvalue weighted by molar-refractivity contribution is 0.894. The number of hydrogen-bond acceptors (Lipinski definition) is 4. The third kappa shape index (κ3) is 3.07. The van der Waals surface area contributed by atoms with Gasteiger partial charge in [0.25, 0.3) is 0 Å². The predicted molar refractivity (Wildman–Crippen MR) is 81.4 cm³/mol. The van der Waals surface area contributed by atoms with Crippen molar-refractivity contribution in [3.05, 3.63) is 40.5 Å². The second kappa shape index (κ2) is 5.73. The maximum Gasteiger partial charge on any atom is 0.189 e. The van der Waals surface area contributed by atoms with Crippen LogP contribution in [0.1, 0.15) is 17.5 Å². The van der Waals surface area contributed by atoms with Gasteiger partial charge in [0, 0.05) is 11.0 Å². The molecule has 2 aromatic rings. The van der Waals surface area contributed by atoms with Gasteiger partial charge in [-0.05, 0) is 48.8 Å². The molecule has 1 aromatic heterocycles. The number of halogens is 1. The third-order valence-electron chi connectivity index (χ3n) is 3.13. The molecule has 3 rings (SSSR count). The van der Waals surface area contributed by atoms with Crippen LogP contribution >= 0.6 is 35.1 Å². The minimum Gasteiger partial charge on any atom is -0.216 e. The van der Waals surface area contributed by atoms with Crippen LogP contribution in [0.3, 0.4) is 0 Å². The quantitative estimate of drug-likeness (QED) is 0.474. The molecule has 0 radical (unpaired) electrons. The summed E-state index contributed by atoms with van der Waals surface area (Å²) in [5, 5.41) is 2.13. The molecular formula is C14H13ClN2S2. The molecule has 1 aliphatic rings. The van der Waals surface area contributed by atoms with Gasteiger partial charge >= 0.3 is 0 Å². The fourth-order valence-electron chi connectivity index (χ4n) is 2.25. The van der Waals surface area contributed by atoms with Gasteiger partial charge in [-0.2, -0.15) is 0 Å². The van der Waals surface area contributed by atoms with E-state index in [1.165, 1.54) is 47.0 Å². The van der Waals surface area contributed by atoms with Gasteiger partial charge in [-0.1, -0.05) is 41.2 Å². The molecule has 0 bridgehead atoms. The molecule has 98 valence electrons. The van der Waals surface area contributed by atoms with Gasteiger partial charge in [0.1, 0.15) is 10.2 Å². The monoisotopic (exact) mass is 308 g/mol. The van der Waals surface area contributed by atoms with Gasteiger partial charge in [0.2, 0.25) is 0 Å². The van der Waals surface area contributed by atoms with Crippen LogP contribution in [0.5, 0.6) is 0 Å². The minimum absolute atomic E-state index is 0.503. The standard InChI is InChI=1S/C14H13ClN2S2/c1-18-14-16-12(15)8-13(17-14)19-11-6-5-9-3-2-4-10(9)7-11/h5-8H,2-4H2,1H3. The van der Waals surface area contributed by atoms with Crippen molar-refractivity contribution in [1.29, 1.82) is 0 Å². The van der Waals surface area contributed by atoms with Crippen molar-refractivity contribution in [1.82, 2.24) is 9.97 Å². The molecule has 5 heteroatoms. The number of aromatic nitrogens is 2. The molecule has 0 aliphatic heterocycles. The maximum absolute atomic E-state index is 6.01. The predicted octanol–water partition coefficient (Wildman–Crippen LogP) is 4.49. The zero-order valence-corrected chi connectivity index (χ0v) is 12.9. The first-order chi connectivity index (χ1) is 9.24. The Morgan fingerprint density at radius 1 is 1.11 bits per heavy atom. The number of aryl methyl sites for hydroxylation is 2. The Labute approximate surface area is 126 Å². The van der Waals surface area contributed by atoms with Gasteiger partial charge in [-0.25, -0.2) is 9.97 Å². The highest BCUT2D eigenvalue weighted by Gasteiger charge is 2.12. The second-order valence-corrected chi connectivity index (χ2v) is 6.66. The summed E-state index contributed by atoms with van der Waals surface area (Å²) >= 11 is 9.17. The van der Waals surface area contributed by atoms with Gasteiger partial charge in [0.05, 0.1) is 0 Å². The summed E-state index contributed by atoms with van der Waals surface area (Å²) < 4.78 is 0. The Morgan fingerprint density at radius 2 is 1.95 bits per heavy atom. The number of thioether (sulfide) groups is 1. The maximum atomic E-state index is 6.01. The summed E-state index contributed by atoms with van der Waals surface area (Å²) in [5.41, 5.74) is 2.98. The molecule has 1 heterocycles. The van der Waals surface area contributed by atoms with Crippen molar-refractivity contribution >= 4 is 35.1 Å². The van der Waals surface area contributed by atoms with Crippen LogP contribution in [0, 0.1) is 0 Å². The average Bonchev–Trinajstić information content (AvgIpc) is 2.85. The number of rotatable bonds is 3. The highest BCUT2D eigenvalue weighted by Crippen LogP contribution is 2.32. The molecule has 1 aliphatic carbocycles. The number of hydrogen-bond donors (Lipinski definition) is 0. The normalized spacial score (nSPS) is 13.6. The molecule has 19 heavy (non-hydrogen) atoms. The Kier molecular flexibility index (Phi) is 4.01. The van der Waals surface area contributed by atoms with E-state index in [1.54, 1.807) is 11.8 Å². The van der Waals surface area contributed by atoms with Crippen LogP contribution in [0.15, 0.2) is 39.3 Å². The zero-order chi connectivity index (χ0) is 13.2. The highest BCUT2D eigenvalue weighted by molar-refractivity contribution is 7.99. The molecule has 0 spiro atoms. The summed E-state index contributed by atoms with van der Waals surface area (Å²) in [7, 11) is 0. The van der Waals surface area contributed by atoms with Crippen molar-refractivity contribution in [3.63, 3.8) is 0 Å². The molecule has 0 N–H and O–H groups in total. The number of fused-ring (bicyclic) bond motifs is 1. The Bertz CT molecular complexity index is 616. The summed E-state index contributed by atoms with van der Waals surface area (Å²) in [6, 6.07) is 8.51. The molecule has 0 saturated carbocycles. The molecule has 0 atom stereocenters. The van der Waals surface area contributed by atoms with E-state index in [1.807, 2.05) is 12.3 Å². The van der Waals surface area contributed by atoms with Gasteiger partial charge in [-0.3, -0.25) is 0 Å². The van der Waals surface area contributed by atoms with Crippen LogP contribution in [0.2, 0.25) is 5.15 Å². The number of nitrogens with zero attached hydrogens (tertiary/aromatic N) is 2. The lowest BCUT2D eigenvalue weighted by Crippen LogP contribution is -1.89. The third-order valence-corrected chi connectivity index (χ3v) is 4.78. The molecule has 0 amide bonds. The molecular weight excluding hydrogens is 296 g/mol. The Morgan fingerprint density at radius 3 is 2.79 bits per heavy atom. The fraction of sp³-hybridized carbons (Fsp3) is 0.286. The average molecular weight is 309 g/mol. The SMILES string of the molecule is CSc1nc(Cl)cc(Sc2ccc3c(c2)CCC3)n1. The zero-order valence-electron chi connectivity index (χ0n) is 10.5. The van der Waals surface area contributed by atoms with E-state index >= 15 is 0 Å². The van der Waals surface area contributed by atoms with E-state index in [2.05, 4.69) is 28.2 Å².